The molecule has 0 aliphatic heterocycles. The molecule has 0 amide bonds. The van der Waals surface area contributed by atoms with Crippen molar-refractivity contribution >= 4 is 17.5 Å². The number of nitrogens with two attached hydrogens (primary N) is 1. The Bertz CT molecular complexity index is 770. The lowest BCUT2D eigenvalue weighted by molar-refractivity contribution is 1.23. The second-order valence-electron chi connectivity index (χ2n) is 4.72. The third-order valence-electron chi connectivity index (χ3n) is 3.00. The molecule has 0 atom stereocenters. The Labute approximate surface area is 122 Å². The highest BCUT2D eigenvalue weighted by Gasteiger charge is 2.03. The average Bonchev–Trinajstić information content (AvgIpc) is 2.47. The molecular weight excluding hydrogens is 262 g/mol. The summed E-state index contributed by atoms with van der Waals surface area (Å²) in [4.78, 5) is 12.8. The van der Waals surface area contributed by atoms with Crippen molar-refractivity contribution < 1.29 is 0 Å². The largest absolute Gasteiger partial charge is 0.384 e. The van der Waals surface area contributed by atoms with E-state index in [9.17, 15) is 0 Å². The number of nitrogen functional groups attached to an aromatic ring is 1. The summed E-state index contributed by atoms with van der Waals surface area (Å²) >= 11 is 0. The molecule has 0 aliphatic rings. The van der Waals surface area contributed by atoms with Gasteiger partial charge >= 0.3 is 0 Å². The average molecular weight is 277 g/mol. The number of anilines is 3. The van der Waals surface area contributed by atoms with Crippen LogP contribution >= 0.6 is 0 Å². The third-order valence-corrected chi connectivity index (χ3v) is 3.00. The van der Waals surface area contributed by atoms with Gasteiger partial charge in [-0.1, -0.05) is 6.07 Å². The molecule has 3 rings (SSSR count). The van der Waals surface area contributed by atoms with E-state index in [1.165, 1.54) is 0 Å². The maximum atomic E-state index is 5.71. The second-order valence-corrected chi connectivity index (χ2v) is 4.72. The first-order chi connectivity index (χ1) is 10.2. The van der Waals surface area contributed by atoms with E-state index in [1.54, 1.807) is 18.5 Å². The van der Waals surface area contributed by atoms with Crippen molar-refractivity contribution in [3.8, 4) is 11.3 Å². The number of aromatic nitrogens is 3. The van der Waals surface area contributed by atoms with Crippen LogP contribution in [0.15, 0.2) is 54.9 Å². The van der Waals surface area contributed by atoms with Crippen LogP contribution in [-0.4, -0.2) is 15.0 Å². The Morgan fingerprint density at radius 1 is 0.952 bits per heavy atom. The van der Waals surface area contributed by atoms with Crippen molar-refractivity contribution in [2.75, 3.05) is 11.1 Å². The molecule has 104 valence electrons. The van der Waals surface area contributed by atoms with Gasteiger partial charge in [0.25, 0.3) is 0 Å². The SMILES string of the molecule is Cc1ccnc(Nc2cccc(-c3ccnc(N)c3)n2)c1. The van der Waals surface area contributed by atoms with Crippen molar-refractivity contribution in [3.05, 3.63) is 60.4 Å². The molecule has 0 fully saturated rings. The number of rotatable bonds is 3. The zero-order chi connectivity index (χ0) is 14.7. The van der Waals surface area contributed by atoms with Crippen LogP contribution in [0.1, 0.15) is 5.56 Å². The summed E-state index contributed by atoms with van der Waals surface area (Å²) in [5.41, 5.74) is 8.62. The molecule has 3 N–H and O–H groups in total. The number of nitrogens with one attached hydrogen (secondary N) is 1. The van der Waals surface area contributed by atoms with Gasteiger partial charge in [-0.3, -0.25) is 0 Å². The molecule has 0 radical (unpaired) electrons. The summed E-state index contributed by atoms with van der Waals surface area (Å²) in [6.07, 6.45) is 3.44. The summed E-state index contributed by atoms with van der Waals surface area (Å²) < 4.78 is 0. The molecule has 3 aromatic heterocycles. The number of aryl methyl sites for hydroxylation is 1. The van der Waals surface area contributed by atoms with Gasteiger partial charge in [-0.05, 0) is 48.9 Å². The monoisotopic (exact) mass is 277 g/mol. The Hall–Kier alpha value is -2.95. The van der Waals surface area contributed by atoms with Crippen LogP contribution in [-0.2, 0) is 0 Å². The quantitative estimate of drug-likeness (QED) is 0.769. The van der Waals surface area contributed by atoms with Gasteiger partial charge in [-0.2, -0.15) is 0 Å². The maximum absolute atomic E-state index is 5.71. The summed E-state index contributed by atoms with van der Waals surface area (Å²) in [5, 5.41) is 3.20. The standard InChI is InChI=1S/C16H15N5/c1-11-5-7-19-16(9-11)21-15-4-2-3-13(20-15)12-6-8-18-14(17)10-12/h2-10H,1H3,(H2,17,18)(H,19,20,21). The third kappa shape index (κ3) is 3.14. The highest BCUT2D eigenvalue weighted by Crippen LogP contribution is 2.21. The van der Waals surface area contributed by atoms with Crippen molar-refractivity contribution in [1.82, 2.24) is 15.0 Å². The van der Waals surface area contributed by atoms with Gasteiger partial charge in [0.1, 0.15) is 17.5 Å². The smallest absolute Gasteiger partial charge is 0.132 e. The summed E-state index contributed by atoms with van der Waals surface area (Å²) in [7, 11) is 0. The molecule has 0 unspecified atom stereocenters. The van der Waals surface area contributed by atoms with Crippen molar-refractivity contribution in [3.63, 3.8) is 0 Å². The topological polar surface area (TPSA) is 76.7 Å². The van der Waals surface area contributed by atoms with E-state index in [-0.39, 0.29) is 0 Å². The molecule has 0 aliphatic carbocycles. The predicted molar refractivity (Wildman–Crippen MR) is 84.1 cm³/mol. The fraction of sp³-hybridized carbons (Fsp3) is 0.0625. The summed E-state index contributed by atoms with van der Waals surface area (Å²) in [6.45, 7) is 2.02. The van der Waals surface area contributed by atoms with Gasteiger partial charge < -0.3 is 11.1 Å². The Morgan fingerprint density at radius 3 is 2.62 bits per heavy atom. The normalized spacial score (nSPS) is 10.3. The van der Waals surface area contributed by atoms with Gasteiger partial charge in [-0.15, -0.1) is 0 Å². The molecule has 21 heavy (non-hydrogen) atoms. The fourth-order valence-electron chi connectivity index (χ4n) is 2.01. The van der Waals surface area contributed by atoms with Crippen LogP contribution in [0.25, 0.3) is 11.3 Å². The lowest BCUT2D eigenvalue weighted by Crippen LogP contribution is -1.97. The first kappa shape index (κ1) is 13.1. The molecule has 5 nitrogen and oxygen atoms in total. The minimum atomic E-state index is 0.480. The molecule has 3 heterocycles. The van der Waals surface area contributed by atoms with E-state index in [1.807, 2.05) is 43.3 Å². The number of nitrogens with zero attached hydrogens (tertiary/aromatic N) is 3. The molecule has 0 bridgehead atoms. The van der Waals surface area contributed by atoms with E-state index in [0.717, 1.165) is 28.5 Å². The van der Waals surface area contributed by atoms with Crippen LogP contribution in [0.4, 0.5) is 17.5 Å². The van der Waals surface area contributed by atoms with Crippen molar-refractivity contribution in [2.24, 2.45) is 0 Å². The second kappa shape index (κ2) is 5.58. The van der Waals surface area contributed by atoms with Gasteiger partial charge in [0, 0.05) is 18.0 Å². The lowest BCUT2D eigenvalue weighted by Gasteiger charge is -2.07. The first-order valence-electron chi connectivity index (χ1n) is 6.59. The van der Waals surface area contributed by atoms with Gasteiger partial charge in [-0.25, -0.2) is 15.0 Å². The zero-order valence-corrected chi connectivity index (χ0v) is 11.6. The van der Waals surface area contributed by atoms with Gasteiger partial charge in [0.2, 0.25) is 0 Å². The van der Waals surface area contributed by atoms with Gasteiger partial charge in [0.05, 0.1) is 5.69 Å². The molecular formula is C16H15N5. The lowest BCUT2D eigenvalue weighted by atomic mass is 10.2. The number of hydrogen-bond donors (Lipinski definition) is 2. The fourth-order valence-corrected chi connectivity index (χ4v) is 2.01. The van der Waals surface area contributed by atoms with Crippen molar-refractivity contribution in [2.45, 2.75) is 6.92 Å². The molecule has 0 saturated carbocycles. The van der Waals surface area contributed by atoms with Crippen LogP contribution in [0.3, 0.4) is 0 Å². The van der Waals surface area contributed by atoms with Gasteiger partial charge in [0.15, 0.2) is 0 Å². The Kier molecular flexibility index (Phi) is 3.47. The van der Waals surface area contributed by atoms with Crippen LogP contribution in [0, 0.1) is 6.92 Å². The predicted octanol–water partition coefficient (Wildman–Crippen LogP) is 3.17. The molecule has 3 aromatic rings. The molecule has 0 saturated heterocycles. The minimum Gasteiger partial charge on any atom is -0.384 e. The number of hydrogen-bond acceptors (Lipinski definition) is 5. The minimum absolute atomic E-state index is 0.480. The number of pyridine rings is 3. The molecule has 5 heteroatoms. The summed E-state index contributed by atoms with van der Waals surface area (Å²) in [5.74, 6) is 1.99. The Morgan fingerprint density at radius 2 is 1.81 bits per heavy atom. The van der Waals surface area contributed by atoms with E-state index in [0.29, 0.717) is 5.82 Å². The van der Waals surface area contributed by atoms with Crippen LogP contribution in [0.5, 0.6) is 0 Å². The van der Waals surface area contributed by atoms with Crippen LogP contribution in [0.2, 0.25) is 0 Å². The van der Waals surface area contributed by atoms with E-state index < -0.39 is 0 Å². The van der Waals surface area contributed by atoms with E-state index in [2.05, 4.69) is 20.3 Å². The maximum Gasteiger partial charge on any atom is 0.132 e. The van der Waals surface area contributed by atoms with Crippen molar-refractivity contribution in [1.29, 1.82) is 0 Å². The molecule has 0 aromatic carbocycles. The zero-order valence-electron chi connectivity index (χ0n) is 11.6. The highest BCUT2D eigenvalue weighted by molar-refractivity contribution is 5.65. The molecule has 0 spiro atoms. The highest BCUT2D eigenvalue weighted by atomic mass is 15.1. The van der Waals surface area contributed by atoms with E-state index >= 15 is 0 Å². The van der Waals surface area contributed by atoms with Crippen LogP contribution < -0.4 is 11.1 Å². The Balaban J connectivity index is 1.90. The summed E-state index contributed by atoms with van der Waals surface area (Å²) in [6, 6.07) is 13.4. The van der Waals surface area contributed by atoms with E-state index in [4.69, 9.17) is 5.73 Å². The first-order valence-corrected chi connectivity index (χ1v) is 6.59.